The van der Waals surface area contributed by atoms with Gasteiger partial charge in [0.05, 0.1) is 18.9 Å². The molecule has 0 bridgehead atoms. The molecule has 0 amide bonds. The molecule has 2 N–H and O–H groups in total. The van der Waals surface area contributed by atoms with Crippen molar-refractivity contribution in [3.63, 3.8) is 0 Å². The van der Waals surface area contributed by atoms with Gasteiger partial charge in [0.2, 0.25) is 0 Å². The van der Waals surface area contributed by atoms with Crippen LogP contribution >= 0.6 is 0 Å². The molecule has 0 saturated carbocycles. The van der Waals surface area contributed by atoms with E-state index < -0.39 is 0 Å². The van der Waals surface area contributed by atoms with Crippen LogP contribution in [0.4, 0.5) is 4.39 Å². The average Bonchev–Trinajstić information content (AvgIpc) is 2.18. The standard InChI is InChI=1S/C11H15FN2O/c1-8(2)15-7-10-5-11(12)4-3-9(10)6-14-13/h3-6,8H,7,13H2,1-2H3. The number of nitrogens with two attached hydrogens (primary N) is 1. The largest absolute Gasteiger partial charge is 0.374 e. The van der Waals surface area contributed by atoms with Crippen LogP contribution in [-0.2, 0) is 11.3 Å². The fourth-order valence-corrected chi connectivity index (χ4v) is 1.16. The molecule has 0 aromatic heterocycles. The first-order valence-corrected chi connectivity index (χ1v) is 4.76. The van der Waals surface area contributed by atoms with Crippen LogP contribution in [0, 0.1) is 5.82 Å². The maximum absolute atomic E-state index is 13.0. The van der Waals surface area contributed by atoms with Crippen LogP contribution in [0.25, 0.3) is 0 Å². The zero-order valence-electron chi connectivity index (χ0n) is 8.90. The first-order chi connectivity index (χ1) is 7.13. The Morgan fingerprint density at radius 1 is 1.53 bits per heavy atom. The molecule has 0 aliphatic heterocycles. The van der Waals surface area contributed by atoms with Gasteiger partial charge in [0.1, 0.15) is 5.82 Å². The Labute approximate surface area is 88.7 Å². The lowest BCUT2D eigenvalue weighted by Gasteiger charge is -2.09. The maximum Gasteiger partial charge on any atom is 0.123 e. The summed E-state index contributed by atoms with van der Waals surface area (Å²) in [6.45, 7) is 4.21. The van der Waals surface area contributed by atoms with Gasteiger partial charge in [-0.25, -0.2) is 4.39 Å². The molecule has 0 unspecified atom stereocenters. The fourth-order valence-electron chi connectivity index (χ4n) is 1.16. The van der Waals surface area contributed by atoms with Gasteiger partial charge in [-0.3, -0.25) is 0 Å². The number of rotatable bonds is 4. The summed E-state index contributed by atoms with van der Waals surface area (Å²) >= 11 is 0. The van der Waals surface area contributed by atoms with E-state index in [-0.39, 0.29) is 11.9 Å². The van der Waals surface area contributed by atoms with Crippen LogP contribution in [0.3, 0.4) is 0 Å². The predicted molar refractivity (Wildman–Crippen MR) is 58.1 cm³/mol. The first kappa shape index (κ1) is 11.7. The van der Waals surface area contributed by atoms with Crippen LogP contribution in [0.2, 0.25) is 0 Å². The summed E-state index contributed by atoms with van der Waals surface area (Å²) in [5.74, 6) is 4.77. The molecule has 4 heteroatoms. The number of ether oxygens (including phenoxy) is 1. The Balaban J connectivity index is 2.86. The van der Waals surface area contributed by atoms with Crippen molar-refractivity contribution in [1.29, 1.82) is 0 Å². The van der Waals surface area contributed by atoms with Crippen molar-refractivity contribution in [3.05, 3.63) is 35.1 Å². The summed E-state index contributed by atoms with van der Waals surface area (Å²) in [6.07, 6.45) is 1.59. The monoisotopic (exact) mass is 210 g/mol. The molecule has 0 aliphatic carbocycles. The highest BCUT2D eigenvalue weighted by atomic mass is 19.1. The second-order valence-electron chi connectivity index (χ2n) is 3.48. The molecule has 0 atom stereocenters. The number of benzene rings is 1. The summed E-state index contributed by atoms with van der Waals surface area (Å²) in [5.41, 5.74) is 1.53. The molecule has 0 saturated heterocycles. The van der Waals surface area contributed by atoms with Crippen LogP contribution in [-0.4, -0.2) is 12.3 Å². The minimum Gasteiger partial charge on any atom is -0.374 e. The lowest BCUT2D eigenvalue weighted by Crippen LogP contribution is -2.05. The number of halogens is 1. The third kappa shape index (κ3) is 3.67. The highest BCUT2D eigenvalue weighted by Gasteiger charge is 2.03. The van der Waals surface area contributed by atoms with Crippen LogP contribution in [0.5, 0.6) is 0 Å². The van der Waals surface area contributed by atoms with Crippen LogP contribution in [0.1, 0.15) is 25.0 Å². The van der Waals surface area contributed by atoms with Crippen LogP contribution in [0.15, 0.2) is 23.3 Å². The summed E-state index contributed by atoms with van der Waals surface area (Å²) in [5, 5.41) is 3.42. The SMILES string of the molecule is CC(C)OCc1cc(F)ccc1C=NN. The van der Waals surface area contributed by atoms with Crippen molar-refractivity contribution >= 4 is 6.21 Å². The molecule has 0 radical (unpaired) electrons. The lowest BCUT2D eigenvalue weighted by molar-refractivity contribution is 0.0655. The quantitative estimate of drug-likeness (QED) is 0.469. The molecule has 1 aromatic rings. The van der Waals surface area contributed by atoms with Crippen LogP contribution < -0.4 is 5.84 Å². The van der Waals surface area contributed by atoms with E-state index in [0.717, 1.165) is 11.1 Å². The minimum atomic E-state index is -0.286. The number of hydrogen-bond donors (Lipinski definition) is 1. The molecular formula is C11H15FN2O. The smallest absolute Gasteiger partial charge is 0.123 e. The molecule has 1 aromatic carbocycles. The van der Waals surface area contributed by atoms with Gasteiger partial charge < -0.3 is 10.6 Å². The number of hydrazone groups is 1. The van der Waals surface area contributed by atoms with E-state index >= 15 is 0 Å². The Hall–Kier alpha value is -1.42. The molecule has 0 spiro atoms. The third-order valence-corrected chi connectivity index (χ3v) is 1.89. The highest BCUT2D eigenvalue weighted by molar-refractivity contribution is 5.81. The maximum atomic E-state index is 13.0. The van der Waals surface area contributed by atoms with E-state index in [1.54, 1.807) is 6.07 Å². The molecule has 1 rings (SSSR count). The zero-order valence-corrected chi connectivity index (χ0v) is 8.90. The van der Waals surface area contributed by atoms with Crippen molar-refractivity contribution in [2.24, 2.45) is 10.9 Å². The van der Waals surface area contributed by atoms with Crippen molar-refractivity contribution in [3.8, 4) is 0 Å². The summed E-state index contributed by atoms with van der Waals surface area (Å²) < 4.78 is 18.4. The van der Waals surface area contributed by atoms with Gasteiger partial charge in [-0.2, -0.15) is 5.10 Å². The summed E-state index contributed by atoms with van der Waals surface area (Å²) in [7, 11) is 0. The Morgan fingerprint density at radius 2 is 2.27 bits per heavy atom. The predicted octanol–water partition coefficient (Wildman–Crippen LogP) is 2.04. The van der Waals surface area contributed by atoms with Crippen molar-refractivity contribution in [2.75, 3.05) is 0 Å². The van der Waals surface area contributed by atoms with E-state index in [2.05, 4.69) is 5.10 Å². The first-order valence-electron chi connectivity index (χ1n) is 4.76. The average molecular weight is 210 g/mol. The van der Waals surface area contributed by atoms with E-state index in [0.29, 0.717) is 6.61 Å². The number of nitrogens with zero attached hydrogens (tertiary/aromatic N) is 1. The molecular weight excluding hydrogens is 195 g/mol. The topological polar surface area (TPSA) is 47.6 Å². The fraction of sp³-hybridized carbons (Fsp3) is 0.364. The molecule has 15 heavy (non-hydrogen) atoms. The lowest BCUT2D eigenvalue weighted by atomic mass is 10.1. The molecule has 0 heterocycles. The normalized spacial score (nSPS) is 11.5. The van der Waals surface area contributed by atoms with E-state index in [1.807, 2.05) is 13.8 Å². The van der Waals surface area contributed by atoms with Crippen molar-refractivity contribution in [2.45, 2.75) is 26.6 Å². The van der Waals surface area contributed by atoms with E-state index in [1.165, 1.54) is 18.3 Å². The van der Waals surface area contributed by atoms with Gasteiger partial charge in [-0.15, -0.1) is 0 Å². The molecule has 3 nitrogen and oxygen atoms in total. The third-order valence-electron chi connectivity index (χ3n) is 1.89. The Morgan fingerprint density at radius 3 is 2.87 bits per heavy atom. The van der Waals surface area contributed by atoms with Gasteiger partial charge in [0.25, 0.3) is 0 Å². The van der Waals surface area contributed by atoms with E-state index in [9.17, 15) is 4.39 Å². The van der Waals surface area contributed by atoms with Gasteiger partial charge in [-0.05, 0) is 31.5 Å². The Kier molecular flexibility index (Phi) is 4.24. The molecule has 82 valence electrons. The molecule has 0 aliphatic rings. The van der Waals surface area contributed by atoms with E-state index in [4.69, 9.17) is 10.6 Å². The van der Waals surface area contributed by atoms with Crippen molar-refractivity contribution < 1.29 is 9.13 Å². The Bertz CT molecular complexity index is 350. The summed E-state index contributed by atoms with van der Waals surface area (Å²) in [6, 6.07) is 4.43. The second-order valence-corrected chi connectivity index (χ2v) is 3.48. The van der Waals surface area contributed by atoms with Gasteiger partial charge in [0, 0.05) is 5.56 Å². The number of hydrogen-bond acceptors (Lipinski definition) is 3. The van der Waals surface area contributed by atoms with Gasteiger partial charge in [-0.1, -0.05) is 6.07 Å². The molecule has 0 fully saturated rings. The summed E-state index contributed by atoms with van der Waals surface area (Å²) in [4.78, 5) is 0. The minimum absolute atomic E-state index is 0.107. The van der Waals surface area contributed by atoms with Gasteiger partial charge >= 0.3 is 0 Å². The van der Waals surface area contributed by atoms with Gasteiger partial charge in [0.15, 0.2) is 0 Å². The second kappa shape index (κ2) is 5.46. The highest BCUT2D eigenvalue weighted by Crippen LogP contribution is 2.11. The zero-order chi connectivity index (χ0) is 11.3. The van der Waals surface area contributed by atoms with Crippen molar-refractivity contribution in [1.82, 2.24) is 0 Å².